The second-order valence-corrected chi connectivity index (χ2v) is 5.23. The molecule has 2 N–H and O–H groups in total. The van der Waals surface area contributed by atoms with Crippen molar-refractivity contribution in [2.24, 2.45) is 5.73 Å². The van der Waals surface area contributed by atoms with Crippen LogP contribution in [0.15, 0.2) is 36.4 Å². The van der Waals surface area contributed by atoms with Crippen LogP contribution < -0.4 is 15.2 Å². The molecule has 0 bridgehead atoms. The van der Waals surface area contributed by atoms with E-state index in [4.69, 9.17) is 15.2 Å². The zero-order valence-electron chi connectivity index (χ0n) is 12.8. The standard InChI is InChI=1S/C17H22N2O2/c1-12(18)9-14-7-8-16(17(10-14)20-3)21-11-15-6-4-5-13(2)19-15/h4-8,10,12H,9,11,18H2,1-3H3. The van der Waals surface area contributed by atoms with Gasteiger partial charge in [0.25, 0.3) is 0 Å². The van der Waals surface area contributed by atoms with E-state index in [1.165, 1.54) is 0 Å². The van der Waals surface area contributed by atoms with Crippen molar-refractivity contribution < 1.29 is 9.47 Å². The lowest BCUT2D eigenvalue weighted by atomic mass is 10.1. The molecular weight excluding hydrogens is 264 g/mol. The number of ether oxygens (including phenoxy) is 2. The summed E-state index contributed by atoms with van der Waals surface area (Å²) in [5, 5.41) is 0. The summed E-state index contributed by atoms with van der Waals surface area (Å²) in [5.74, 6) is 1.44. The maximum atomic E-state index is 5.82. The summed E-state index contributed by atoms with van der Waals surface area (Å²) >= 11 is 0. The van der Waals surface area contributed by atoms with Crippen molar-refractivity contribution in [3.63, 3.8) is 0 Å². The van der Waals surface area contributed by atoms with Gasteiger partial charge in [0, 0.05) is 11.7 Å². The first-order valence-electron chi connectivity index (χ1n) is 7.06. The topological polar surface area (TPSA) is 57.4 Å². The smallest absolute Gasteiger partial charge is 0.161 e. The summed E-state index contributed by atoms with van der Waals surface area (Å²) in [7, 11) is 1.64. The molecule has 0 aliphatic carbocycles. The molecule has 1 unspecified atom stereocenters. The minimum absolute atomic E-state index is 0.123. The fraction of sp³-hybridized carbons (Fsp3) is 0.353. The molecule has 112 valence electrons. The summed E-state index contributed by atoms with van der Waals surface area (Å²) in [4.78, 5) is 4.42. The molecule has 4 heteroatoms. The Balaban J connectivity index is 2.09. The number of hydrogen-bond acceptors (Lipinski definition) is 4. The molecule has 1 aromatic carbocycles. The molecule has 0 fully saturated rings. The zero-order valence-corrected chi connectivity index (χ0v) is 12.8. The van der Waals surface area contributed by atoms with Gasteiger partial charge in [-0.2, -0.15) is 0 Å². The van der Waals surface area contributed by atoms with E-state index < -0.39 is 0 Å². The fourth-order valence-corrected chi connectivity index (χ4v) is 2.16. The van der Waals surface area contributed by atoms with Crippen molar-refractivity contribution >= 4 is 0 Å². The Bertz CT molecular complexity index is 597. The molecule has 2 rings (SSSR count). The molecule has 1 aromatic heterocycles. The highest BCUT2D eigenvalue weighted by molar-refractivity contribution is 5.43. The number of nitrogens with two attached hydrogens (primary N) is 1. The molecule has 0 spiro atoms. The van der Waals surface area contributed by atoms with Crippen molar-refractivity contribution in [2.45, 2.75) is 32.9 Å². The second-order valence-electron chi connectivity index (χ2n) is 5.23. The van der Waals surface area contributed by atoms with Crippen LogP contribution in [0.1, 0.15) is 23.9 Å². The van der Waals surface area contributed by atoms with E-state index in [9.17, 15) is 0 Å². The van der Waals surface area contributed by atoms with Gasteiger partial charge in [0.05, 0.1) is 12.8 Å². The molecule has 1 atom stereocenters. The Labute approximate surface area is 125 Å². The summed E-state index contributed by atoms with van der Waals surface area (Å²) in [6, 6.07) is 11.9. The van der Waals surface area contributed by atoms with Crippen molar-refractivity contribution in [1.82, 2.24) is 4.98 Å². The summed E-state index contributed by atoms with van der Waals surface area (Å²) in [5.41, 5.74) is 8.85. The molecule has 0 amide bonds. The quantitative estimate of drug-likeness (QED) is 0.887. The summed E-state index contributed by atoms with van der Waals surface area (Å²) in [6.07, 6.45) is 0.816. The largest absolute Gasteiger partial charge is 0.493 e. The molecule has 0 aliphatic heterocycles. The van der Waals surface area contributed by atoms with Crippen LogP contribution in [0, 0.1) is 6.92 Å². The summed E-state index contributed by atoms with van der Waals surface area (Å²) in [6.45, 7) is 4.37. The number of benzene rings is 1. The lowest BCUT2D eigenvalue weighted by molar-refractivity contribution is 0.280. The van der Waals surface area contributed by atoms with E-state index in [1.807, 2.05) is 50.2 Å². The van der Waals surface area contributed by atoms with E-state index in [0.29, 0.717) is 12.4 Å². The van der Waals surface area contributed by atoms with Crippen LogP contribution in [0.25, 0.3) is 0 Å². The molecule has 21 heavy (non-hydrogen) atoms. The van der Waals surface area contributed by atoms with Gasteiger partial charge < -0.3 is 15.2 Å². The van der Waals surface area contributed by atoms with Gasteiger partial charge in [-0.05, 0) is 50.1 Å². The monoisotopic (exact) mass is 286 g/mol. The molecule has 0 saturated heterocycles. The van der Waals surface area contributed by atoms with Crippen LogP contribution in [0.2, 0.25) is 0 Å². The predicted molar refractivity (Wildman–Crippen MR) is 83.7 cm³/mol. The predicted octanol–water partition coefficient (Wildman–Crippen LogP) is 2.87. The number of aromatic nitrogens is 1. The van der Waals surface area contributed by atoms with Crippen molar-refractivity contribution in [3.05, 3.63) is 53.3 Å². The van der Waals surface area contributed by atoms with Crippen molar-refractivity contribution in [3.8, 4) is 11.5 Å². The van der Waals surface area contributed by atoms with Crippen LogP contribution in [0.4, 0.5) is 0 Å². The van der Waals surface area contributed by atoms with Gasteiger partial charge in [-0.1, -0.05) is 12.1 Å². The minimum Gasteiger partial charge on any atom is -0.493 e. The van der Waals surface area contributed by atoms with Gasteiger partial charge in [-0.15, -0.1) is 0 Å². The Morgan fingerprint density at radius 2 is 2.00 bits per heavy atom. The first kappa shape index (κ1) is 15.3. The van der Waals surface area contributed by atoms with Crippen LogP contribution in [0.3, 0.4) is 0 Å². The first-order valence-corrected chi connectivity index (χ1v) is 7.06. The van der Waals surface area contributed by atoms with E-state index in [0.717, 1.165) is 29.1 Å². The molecular formula is C17H22N2O2. The first-order chi connectivity index (χ1) is 10.1. The highest BCUT2D eigenvalue weighted by Gasteiger charge is 2.08. The Kier molecular flexibility index (Phi) is 5.17. The fourth-order valence-electron chi connectivity index (χ4n) is 2.16. The Hall–Kier alpha value is -2.07. The third-order valence-electron chi connectivity index (χ3n) is 3.11. The number of rotatable bonds is 6. The minimum atomic E-state index is 0.123. The second kappa shape index (κ2) is 7.09. The molecule has 2 aromatic rings. The molecule has 0 radical (unpaired) electrons. The third kappa shape index (κ3) is 4.46. The van der Waals surface area contributed by atoms with Crippen molar-refractivity contribution in [2.75, 3.05) is 7.11 Å². The number of aryl methyl sites for hydroxylation is 1. The third-order valence-corrected chi connectivity index (χ3v) is 3.11. The maximum Gasteiger partial charge on any atom is 0.161 e. The SMILES string of the molecule is COc1cc(CC(C)N)ccc1OCc1cccc(C)n1. The number of methoxy groups -OCH3 is 1. The van der Waals surface area contributed by atoms with E-state index in [-0.39, 0.29) is 6.04 Å². The molecule has 0 aliphatic rings. The molecule has 0 saturated carbocycles. The number of hydrogen-bond donors (Lipinski definition) is 1. The Morgan fingerprint density at radius 1 is 1.19 bits per heavy atom. The van der Waals surface area contributed by atoms with Gasteiger partial charge in [0.2, 0.25) is 0 Å². The van der Waals surface area contributed by atoms with E-state index >= 15 is 0 Å². The molecule has 1 heterocycles. The summed E-state index contributed by atoms with van der Waals surface area (Å²) < 4.78 is 11.2. The van der Waals surface area contributed by atoms with Gasteiger partial charge >= 0.3 is 0 Å². The molecule has 4 nitrogen and oxygen atoms in total. The number of pyridine rings is 1. The normalized spacial score (nSPS) is 12.0. The van der Waals surface area contributed by atoms with E-state index in [2.05, 4.69) is 4.98 Å². The van der Waals surface area contributed by atoms with Crippen LogP contribution >= 0.6 is 0 Å². The number of nitrogens with zero attached hydrogens (tertiary/aromatic N) is 1. The van der Waals surface area contributed by atoms with Crippen LogP contribution in [-0.2, 0) is 13.0 Å². The lowest BCUT2D eigenvalue weighted by Crippen LogP contribution is -2.17. The average Bonchev–Trinajstić information content (AvgIpc) is 2.45. The van der Waals surface area contributed by atoms with Crippen LogP contribution in [0.5, 0.6) is 11.5 Å². The highest BCUT2D eigenvalue weighted by Crippen LogP contribution is 2.29. The van der Waals surface area contributed by atoms with Gasteiger partial charge in [-0.3, -0.25) is 4.98 Å². The average molecular weight is 286 g/mol. The maximum absolute atomic E-state index is 5.82. The van der Waals surface area contributed by atoms with Crippen LogP contribution in [-0.4, -0.2) is 18.1 Å². The zero-order chi connectivity index (χ0) is 15.2. The van der Waals surface area contributed by atoms with E-state index in [1.54, 1.807) is 7.11 Å². The Morgan fingerprint density at radius 3 is 2.67 bits per heavy atom. The van der Waals surface area contributed by atoms with Gasteiger partial charge in [-0.25, -0.2) is 0 Å². The highest BCUT2D eigenvalue weighted by atomic mass is 16.5. The van der Waals surface area contributed by atoms with Gasteiger partial charge in [0.15, 0.2) is 11.5 Å². The van der Waals surface area contributed by atoms with Crippen molar-refractivity contribution in [1.29, 1.82) is 0 Å². The van der Waals surface area contributed by atoms with Gasteiger partial charge in [0.1, 0.15) is 6.61 Å². The lowest BCUT2D eigenvalue weighted by Gasteiger charge is -2.13.